The van der Waals surface area contributed by atoms with Gasteiger partial charge in [-0.05, 0) is 38.8 Å². The second-order valence-electron chi connectivity index (χ2n) is 6.63. The third-order valence-electron chi connectivity index (χ3n) is 4.09. The van der Waals surface area contributed by atoms with Crippen molar-refractivity contribution in [1.82, 2.24) is 10.1 Å². The predicted molar refractivity (Wildman–Crippen MR) is 106 cm³/mol. The summed E-state index contributed by atoms with van der Waals surface area (Å²) in [6, 6.07) is 5.58. The van der Waals surface area contributed by atoms with Crippen LogP contribution in [0.3, 0.4) is 0 Å². The standard InChI is InChI=1S/C20H21N3O4S/c1-11-6-12(2)18(13(3)7-11)23(15(5)24)20-21-16(10-28-20)9-26-19(25)17-8-14(4)22-27-17/h6-8,10H,9H2,1-5H3. The van der Waals surface area contributed by atoms with E-state index in [2.05, 4.69) is 10.1 Å². The van der Waals surface area contributed by atoms with Gasteiger partial charge in [-0.1, -0.05) is 22.9 Å². The van der Waals surface area contributed by atoms with E-state index in [0.29, 0.717) is 16.5 Å². The minimum Gasteiger partial charge on any atom is -0.453 e. The summed E-state index contributed by atoms with van der Waals surface area (Å²) in [5, 5.41) is 5.96. The lowest BCUT2D eigenvalue weighted by atomic mass is 10.0. The van der Waals surface area contributed by atoms with Crippen LogP contribution in [0.25, 0.3) is 0 Å². The van der Waals surface area contributed by atoms with Crippen LogP contribution in [0.5, 0.6) is 0 Å². The number of carbonyl (C=O) groups is 2. The van der Waals surface area contributed by atoms with Gasteiger partial charge in [-0.15, -0.1) is 11.3 Å². The number of aromatic nitrogens is 2. The molecule has 8 heteroatoms. The summed E-state index contributed by atoms with van der Waals surface area (Å²) in [4.78, 5) is 30.4. The lowest BCUT2D eigenvalue weighted by Gasteiger charge is -2.23. The first-order valence-electron chi connectivity index (χ1n) is 8.69. The predicted octanol–water partition coefficient (Wildman–Crippen LogP) is 4.41. The minimum absolute atomic E-state index is 0.0211. The third kappa shape index (κ3) is 4.12. The molecule has 28 heavy (non-hydrogen) atoms. The van der Waals surface area contributed by atoms with Crippen LogP contribution in [0.2, 0.25) is 0 Å². The monoisotopic (exact) mass is 399 g/mol. The summed E-state index contributed by atoms with van der Waals surface area (Å²) in [7, 11) is 0. The molecule has 0 aliphatic rings. The first kappa shape index (κ1) is 19.8. The molecule has 146 valence electrons. The summed E-state index contributed by atoms with van der Waals surface area (Å²) < 4.78 is 10.1. The van der Waals surface area contributed by atoms with Crippen LogP contribution in [0.1, 0.15) is 45.6 Å². The Hall–Kier alpha value is -3.00. The van der Waals surface area contributed by atoms with E-state index in [4.69, 9.17) is 9.26 Å². The second-order valence-corrected chi connectivity index (χ2v) is 7.47. The summed E-state index contributed by atoms with van der Waals surface area (Å²) in [5.74, 6) is -0.696. The molecule has 3 rings (SSSR count). The highest BCUT2D eigenvalue weighted by Crippen LogP contribution is 2.34. The fraction of sp³-hybridized carbons (Fsp3) is 0.300. The van der Waals surface area contributed by atoms with Gasteiger partial charge < -0.3 is 9.26 Å². The zero-order chi connectivity index (χ0) is 20.4. The molecule has 0 aliphatic heterocycles. The number of hydrogen-bond donors (Lipinski definition) is 0. The quantitative estimate of drug-likeness (QED) is 0.591. The number of anilines is 2. The Kier molecular flexibility index (Phi) is 5.60. The van der Waals surface area contributed by atoms with E-state index in [-0.39, 0.29) is 18.3 Å². The SMILES string of the molecule is CC(=O)N(c1nc(COC(=O)c2cc(C)no2)cs1)c1c(C)cc(C)cc1C. The molecule has 1 amide bonds. The summed E-state index contributed by atoms with van der Waals surface area (Å²) >= 11 is 1.32. The van der Waals surface area contributed by atoms with E-state index in [9.17, 15) is 9.59 Å². The van der Waals surface area contributed by atoms with Gasteiger partial charge in [0.2, 0.25) is 11.7 Å². The molecule has 0 radical (unpaired) electrons. The molecule has 0 aliphatic carbocycles. The van der Waals surface area contributed by atoms with E-state index in [1.807, 2.05) is 32.9 Å². The van der Waals surface area contributed by atoms with Gasteiger partial charge >= 0.3 is 5.97 Å². The van der Waals surface area contributed by atoms with Crippen molar-refractivity contribution < 1.29 is 18.8 Å². The minimum atomic E-state index is -0.608. The van der Waals surface area contributed by atoms with Crippen LogP contribution < -0.4 is 4.90 Å². The van der Waals surface area contributed by atoms with Crippen molar-refractivity contribution in [2.75, 3.05) is 4.90 Å². The van der Waals surface area contributed by atoms with Gasteiger partial charge in [0.1, 0.15) is 6.61 Å². The van der Waals surface area contributed by atoms with Gasteiger partial charge in [0.05, 0.1) is 17.1 Å². The molecule has 0 fully saturated rings. The number of carbonyl (C=O) groups excluding carboxylic acids is 2. The Morgan fingerprint density at radius 3 is 2.39 bits per heavy atom. The highest BCUT2D eigenvalue weighted by molar-refractivity contribution is 7.14. The van der Waals surface area contributed by atoms with E-state index in [1.54, 1.807) is 17.2 Å². The van der Waals surface area contributed by atoms with Crippen molar-refractivity contribution in [2.24, 2.45) is 0 Å². The number of rotatable bonds is 5. The van der Waals surface area contributed by atoms with Crippen LogP contribution in [-0.2, 0) is 16.1 Å². The number of nitrogens with zero attached hydrogens (tertiary/aromatic N) is 3. The van der Waals surface area contributed by atoms with Gasteiger partial charge in [-0.2, -0.15) is 0 Å². The van der Waals surface area contributed by atoms with E-state index in [0.717, 1.165) is 22.4 Å². The molecule has 0 atom stereocenters. The zero-order valence-electron chi connectivity index (χ0n) is 16.4. The van der Waals surface area contributed by atoms with Gasteiger partial charge in [0, 0.05) is 18.4 Å². The average molecular weight is 399 g/mol. The largest absolute Gasteiger partial charge is 0.453 e. The Bertz CT molecular complexity index is 1010. The molecule has 0 N–H and O–H groups in total. The van der Waals surface area contributed by atoms with E-state index >= 15 is 0 Å². The Balaban J connectivity index is 1.81. The number of esters is 1. The maximum atomic E-state index is 12.4. The molecule has 0 unspecified atom stereocenters. The molecule has 3 aromatic rings. The first-order chi connectivity index (χ1) is 13.3. The zero-order valence-corrected chi connectivity index (χ0v) is 17.2. The molecular formula is C20H21N3O4S. The van der Waals surface area contributed by atoms with Crippen LogP contribution in [0, 0.1) is 27.7 Å². The number of amides is 1. The number of thiazole rings is 1. The number of hydrogen-bond acceptors (Lipinski definition) is 7. The Labute approximate surface area is 166 Å². The molecule has 0 bridgehead atoms. The van der Waals surface area contributed by atoms with Crippen molar-refractivity contribution in [3.63, 3.8) is 0 Å². The average Bonchev–Trinajstić information content (AvgIpc) is 3.24. The summed E-state index contributed by atoms with van der Waals surface area (Å²) in [6.07, 6.45) is 0. The molecule has 2 heterocycles. The van der Waals surface area contributed by atoms with E-state index in [1.165, 1.54) is 24.3 Å². The van der Waals surface area contributed by atoms with Crippen molar-refractivity contribution in [3.8, 4) is 0 Å². The molecule has 2 aromatic heterocycles. The van der Waals surface area contributed by atoms with Crippen LogP contribution in [-0.4, -0.2) is 22.0 Å². The third-order valence-corrected chi connectivity index (χ3v) is 4.96. The Morgan fingerprint density at radius 1 is 1.14 bits per heavy atom. The van der Waals surface area contributed by atoms with Crippen molar-refractivity contribution in [2.45, 2.75) is 41.2 Å². The lowest BCUT2D eigenvalue weighted by Crippen LogP contribution is -2.24. The number of aryl methyl sites for hydroxylation is 4. The number of benzene rings is 1. The Morgan fingerprint density at radius 2 is 1.82 bits per heavy atom. The molecule has 1 aromatic carbocycles. The molecular weight excluding hydrogens is 378 g/mol. The van der Waals surface area contributed by atoms with Crippen LogP contribution in [0.15, 0.2) is 28.1 Å². The maximum Gasteiger partial charge on any atom is 0.377 e. The molecule has 0 spiro atoms. The molecule has 0 saturated carbocycles. The molecule has 0 saturated heterocycles. The van der Waals surface area contributed by atoms with E-state index < -0.39 is 5.97 Å². The van der Waals surface area contributed by atoms with Gasteiger partial charge in [0.15, 0.2) is 5.13 Å². The maximum absolute atomic E-state index is 12.4. The van der Waals surface area contributed by atoms with Crippen LogP contribution in [0.4, 0.5) is 10.8 Å². The molecule has 7 nitrogen and oxygen atoms in total. The van der Waals surface area contributed by atoms with Gasteiger partial charge in [0.25, 0.3) is 0 Å². The fourth-order valence-corrected chi connectivity index (χ4v) is 3.91. The summed E-state index contributed by atoms with van der Waals surface area (Å²) in [5.41, 5.74) is 5.11. The fourth-order valence-electron chi connectivity index (χ4n) is 3.05. The van der Waals surface area contributed by atoms with Crippen LogP contribution >= 0.6 is 11.3 Å². The van der Waals surface area contributed by atoms with Gasteiger partial charge in [-0.3, -0.25) is 9.69 Å². The van der Waals surface area contributed by atoms with Gasteiger partial charge in [-0.25, -0.2) is 9.78 Å². The smallest absolute Gasteiger partial charge is 0.377 e. The van der Waals surface area contributed by atoms with Crippen molar-refractivity contribution in [1.29, 1.82) is 0 Å². The highest BCUT2D eigenvalue weighted by atomic mass is 32.1. The number of ether oxygens (including phenoxy) is 1. The first-order valence-corrected chi connectivity index (χ1v) is 9.57. The van der Waals surface area contributed by atoms with Crippen molar-refractivity contribution in [3.05, 3.63) is 57.4 Å². The lowest BCUT2D eigenvalue weighted by molar-refractivity contribution is -0.115. The topological polar surface area (TPSA) is 85.5 Å². The normalized spacial score (nSPS) is 10.8. The summed E-state index contributed by atoms with van der Waals surface area (Å²) in [6.45, 7) is 9.17. The van der Waals surface area contributed by atoms with Crippen molar-refractivity contribution >= 4 is 34.0 Å². The second kappa shape index (κ2) is 7.93. The highest BCUT2D eigenvalue weighted by Gasteiger charge is 2.22.